The fourth-order valence-electron chi connectivity index (χ4n) is 4.31. The fraction of sp³-hybridized carbons (Fsp3) is 0.524. The van der Waals surface area contributed by atoms with Crippen LogP contribution in [0.3, 0.4) is 0 Å². The zero-order valence-corrected chi connectivity index (χ0v) is 16.3. The number of anilines is 2. The minimum Gasteiger partial charge on any atom is -0.355 e. The Morgan fingerprint density at radius 2 is 2.00 bits per heavy atom. The third-order valence-corrected chi connectivity index (χ3v) is 6.13. The summed E-state index contributed by atoms with van der Waals surface area (Å²) in [5.41, 5.74) is 7.53. The first kappa shape index (κ1) is 18.5. The molecule has 3 N–H and O–H groups in total. The average Bonchev–Trinajstić information content (AvgIpc) is 3.11. The maximum atomic E-state index is 12.6. The molecule has 1 amide bonds. The largest absolute Gasteiger partial charge is 0.355 e. The van der Waals surface area contributed by atoms with E-state index in [-0.39, 0.29) is 11.9 Å². The minimum atomic E-state index is 0.0471. The normalized spacial score (nSPS) is 21.0. The molecule has 4 rings (SSSR count). The number of pyridine rings is 1. The van der Waals surface area contributed by atoms with Gasteiger partial charge in [-0.1, -0.05) is 30.9 Å². The molecule has 144 valence electrons. The smallest absolute Gasteiger partial charge is 0.224 e. The van der Waals surface area contributed by atoms with Crippen LogP contribution in [0.2, 0.25) is 5.02 Å². The SMILES string of the molecule is N[C@@H]1CCN(c2ccc3c(NC(=O)CC4CCCCC4)c(Cl)ccc3n2)C1. The monoisotopic (exact) mass is 386 g/mol. The Morgan fingerprint density at radius 3 is 2.74 bits per heavy atom. The van der Waals surface area contributed by atoms with Gasteiger partial charge in [0.05, 0.1) is 16.2 Å². The Balaban J connectivity index is 1.54. The van der Waals surface area contributed by atoms with Gasteiger partial charge in [0.1, 0.15) is 5.82 Å². The van der Waals surface area contributed by atoms with Crippen molar-refractivity contribution >= 4 is 39.9 Å². The molecule has 0 unspecified atom stereocenters. The van der Waals surface area contributed by atoms with Crippen LogP contribution in [0.5, 0.6) is 0 Å². The van der Waals surface area contributed by atoms with Gasteiger partial charge in [-0.05, 0) is 49.4 Å². The zero-order valence-electron chi connectivity index (χ0n) is 15.6. The third-order valence-electron chi connectivity index (χ3n) is 5.82. The number of benzene rings is 1. The molecule has 0 spiro atoms. The lowest BCUT2D eigenvalue weighted by Crippen LogP contribution is -2.26. The number of nitrogens with zero attached hydrogens (tertiary/aromatic N) is 2. The molecular weight excluding hydrogens is 360 g/mol. The molecule has 2 heterocycles. The first-order valence-corrected chi connectivity index (χ1v) is 10.4. The molecule has 27 heavy (non-hydrogen) atoms. The van der Waals surface area contributed by atoms with Crippen molar-refractivity contribution in [3.63, 3.8) is 0 Å². The highest BCUT2D eigenvalue weighted by Crippen LogP contribution is 2.33. The number of fused-ring (bicyclic) bond motifs is 1. The number of nitrogens with two attached hydrogens (primary N) is 1. The van der Waals surface area contributed by atoms with Crippen molar-refractivity contribution in [2.45, 2.75) is 51.0 Å². The van der Waals surface area contributed by atoms with E-state index in [1.807, 2.05) is 24.3 Å². The van der Waals surface area contributed by atoms with Gasteiger partial charge in [-0.25, -0.2) is 4.98 Å². The highest BCUT2D eigenvalue weighted by atomic mass is 35.5. The van der Waals surface area contributed by atoms with Gasteiger partial charge in [0.25, 0.3) is 0 Å². The predicted molar refractivity (Wildman–Crippen MR) is 111 cm³/mol. The molecular formula is C21H27ClN4O. The topological polar surface area (TPSA) is 71.2 Å². The molecule has 2 aliphatic rings. The van der Waals surface area contributed by atoms with Crippen LogP contribution in [0.4, 0.5) is 11.5 Å². The molecule has 1 aromatic heterocycles. The van der Waals surface area contributed by atoms with Gasteiger partial charge in [-0.3, -0.25) is 4.79 Å². The average molecular weight is 387 g/mol. The summed E-state index contributed by atoms with van der Waals surface area (Å²) in [6, 6.07) is 7.93. The summed E-state index contributed by atoms with van der Waals surface area (Å²) in [5, 5.41) is 4.49. The fourth-order valence-corrected chi connectivity index (χ4v) is 4.52. The summed E-state index contributed by atoms with van der Waals surface area (Å²) >= 11 is 6.41. The van der Waals surface area contributed by atoms with Crippen molar-refractivity contribution in [2.75, 3.05) is 23.3 Å². The van der Waals surface area contributed by atoms with Crippen LogP contribution >= 0.6 is 11.6 Å². The van der Waals surface area contributed by atoms with Gasteiger partial charge in [-0.2, -0.15) is 0 Å². The van der Waals surface area contributed by atoms with E-state index in [0.29, 0.717) is 23.0 Å². The number of hydrogen-bond donors (Lipinski definition) is 2. The van der Waals surface area contributed by atoms with Crippen LogP contribution in [0.1, 0.15) is 44.9 Å². The van der Waals surface area contributed by atoms with Crippen LogP contribution in [-0.2, 0) is 4.79 Å². The first-order valence-electron chi connectivity index (χ1n) is 10.00. The lowest BCUT2D eigenvalue weighted by Gasteiger charge is -2.21. The van der Waals surface area contributed by atoms with Crippen LogP contribution in [0, 0.1) is 5.92 Å². The van der Waals surface area contributed by atoms with Crippen molar-refractivity contribution in [1.29, 1.82) is 0 Å². The van der Waals surface area contributed by atoms with E-state index in [1.54, 1.807) is 0 Å². The van der Waals surface area contributed by atoms with Crippen molar-refractivity contribution < 1.29 is 4.79 Å². The van der Waals surface area contributed by atoms with Gasteiger partial charge in [0.15, 0.2) is 0 Å². The molecule has 1 saturated carbocycles. The predicted octanol–water partition coefficient (Wildman–Crippen LogP) is 4.33. The number of amides is 1. The van der Waals surface area contributed by atoms with Gasteiger partial charge in [0, 0.05) is 30.9 Å². The lowest BCUT2D eigenvalue weighted by molar-refractivity contribution is -0.117. The molecule has 1 aliphatic carbocycles. The standard InChI is InChI=1S/C21H27ClN4O/c22-17-7-8-18-16(6-9-19(24-18)26-11-10-15(23)13-26)21(17)25-20(27)12-14-4-2-1-3-5-14/h6-9,14-15H,1-5,10-13,23H2,(H,25,27)/t15-/m1/s1. The van der Waals surface area contributed by atoms with Gasteiger partial charge in [-0.15, -0.1) is 0 Å². The highest BCUT2D eigenvalue weighted by Gasteiger charge is 2.22. The van der Waals surface area contributed by atoms with Crippen molar-refractivity contribution in [3.8, 4) is 0 Å². The van der Waals surface area contributed by atoms with Crippen molar-refractivity contribution in [3.05, 3.63) is 29.3 Å². The second kappa shape index (κ2) is 8.03. The number of carbonyl (C=O) groups excluding carboxylic acids is 1. The van der Waals surface area contributed by atoms with Crippen molar-refractivity contribution in [2.24, 2.45) is 11.7 Å². The Kier molecular flexibility index (Phi) is 5.50. The number of halogens is 1. The van der Waals surface area contributed by atoms with Crippen LogP contribution < -0.4 is 16.0 Å². The maximum absolute atomic E-state index is 12.6. The van der Waals surface area contributed by atoms with E-state index in [1.165, 1.54) is 19.3 Å². The minimum absolute atomic E-state index is 0.0471. The van der Waals surface area contributed by atoms with Crippen LogP contribution in [0.25, 0.3) is 10.9 Å². The maximum Gasteiger partial charge on any atom is 0.224 e. The summed E-state index contributed by atoms with van der Waals surface area (Å²) in [7, 11) is 0. The first-order chi connectivity index (χ1) is 13.1. The summed E-state index contributed by atoms with van der Waals surface area (Å²) in [5.74, 6) is 1.47. The molecule has 1 aromatic carbocycles. The van der Waals surface area contributed by atoms with E-state index in [0.717, 1.165) is 49.1 Å². The number of rotatable bonds is 4. The molecule has 2 aromatic rings. The molecule has 0 bridgehead atoms. The summed E-state index contributed by atoms with van der Waals surface area (Å²) in [4.78, 5) is 19.6. The Morgan fingerprint density at radius 1 is 1.19 bits per heavy atom. The van der Waals surface area contributed by atoms with Gasteiger partial charge < -0.3 is 16.0 Å². The van der Waals surface area contributed by atoms with Gasteiger partial charge in [0.2, 0.25) is 5.91 Å². The molecule has 0 radical (unpaired) electrons. The zero-order chi connectivity index (χ0) is 18.8. The number of nitrogens with one attached hydrogen (secondary N) is 1. The number of aromatic nitrogens is 1. The molecule has 5 nitrogen and oxygen atoms in total. The van der Waals surface area contributed by atoms with E-state index in [2.05, 4.69) is 10.2 Å². The van der Waals surface area contributed by atoms with E-state index in [9.17, 15) is 4.79 Å². The van der Waals surface area contributed by atoms with E-state index >= 15 is 0 Å². The molecule has 2 fully saturated rings. The number of hydrogen-bond acceptors (Lipinski definition) is 4. The van der Waals surface area contributed by atoms with Crippen molar-refractivity contribution in [1.82, 2.24) is 4.98 Å². The van der Waals surface area contributed by atoms with Gasteiger partial charge >= 0.3 is 0 Å². The van der Waals surface area contributed by atoms with E-state index in [4.69, 9.17) is 22.3 Å². The van der Waals surface area contributed by atoms with Crippen LogP contribution in [-0.4, -0.2) is 30.0 Å². The highest BCUT2D eigenvalue weighted by molar-refractivity contribution is 6.35. The third kappa shape index (κ3) is 4.19. The Labute approximate surface area is 165 Å². The lowest BCUT2D eigenvalue weighted by atomic mass is 9.87. The molecule has 1 aliphatic heterocycles. The molecule has 1 saturated heterocycles. The number of carbonyl (C=O) groups is 1. The second-order valence-electron chi connectivity index (χ2n) is 7.91. The summed E-state index contributed by atoms with van der Waals surface area (Å²) < 4.78 is 0. The summed E-state index contributed by atoms with van der Waals surface area (Å²) in [6.45, 7) is 1.76. The van der Waals surface area contributed by atoms with Crippen LogP contribution in [0.15, 0.2) is 24.3 Å². The quantitative estimate of drug-likeness (QED) is 0.820. The molecule has 1 atom stereocenters. The Bertz CT molecular complexity index is 834. The Hall–Kier alpha value is -1.85. The molecule has 6 heteroatoms. The second-order valence-corrected chi connectivity index (χ2v) is 8.32. The van der Waals surface area contributed by atoms with E-state index < -0.39 is 0 Å². The summed E-state index contributed by atoms with van der Waals surface area (Å²) in [6.07, 6.45) is 7.63.